The number of carbonyl (C=O) groups is 1. The Balaban J connectivity index is 2.12. The Labute approximate surface area is 125 Å². The number of fused-ring (bicyclic) bond motifs is 1. The lowest BCUT2D eigenvalue weighted by Crippen LogP contribution is -2.40. The Hall–Kier alpha value is -2.71. The van der Waals surface area contributed by atoms with Gasteiger partial charge in [-0.3, -0.25) is 4.79 Å². The molecule has 0 saturated heterocycles. The summed E-state index contributed by atoms with van der Waals surface area (Å²) in [4.78, 5) is 12.3. The van der Waals surface area contributed by atoms with Crippen molar-refractivity contribution in [2.45, 2.75) is 5.54 Å². The highest BCUT2D eigenvalue weighted by molar-refractivity contribution is 6.31. The predicted molar refractivity (Wildman–Crippen MR) is 79.1 cm³/mol. The van der Waals surface area contributed by atoms with Gasteiger partial charge in [-0.25, -0.2) is 0 Å². The fraction of sp³-hybridized carbons (Fsp3) is 0.0667. The minimum atomic E-state index is -1.60. The van der Waals surface area contributed by atoms with Crippen LogP contribution in [0.1, 0.15) is 5.56 Å². The summed E-state index contributed by atoms with van der Waals surface area (Å²) >= 11 is 5.89. The van der Waals surface area contributed by atoms with Gasteiger partial charge in [-0.05, 0) is 24.3 Å². The minimum Gasteiger partial charge on any atom is -0.506 e. The number of aromatic hydroxyl groups is 1. The van der Waals surface area contributed by atoms with Crippen LogP contribution in [0.25, 0.3) is 0 Å². The SMILES string of the molecule is N#CC1(Nc2cc(Cl)ccc2O)C(=O)Nc2ccccc21. The summed E-state index contributed by atoms with van der Waals surface area (Å²) in [5.41, 5.74) is -0.301. The van der Waals surface area contributed by atoms with Crippen LogP contribution in [0.15, 0.2) is 42.5 Å². The van der Waals surface area contributed by atoms with Crippen LogP contribution in [-0.2, 0) is 10.3 Å². The van der Waals surface area contributed by atoms with Crippen molar-refractivity contribution >= 4 is 28.9 Å². The Morgan fingerprint density at radius 1 is 1.29 bits per heavy atom. The molecular weight excluding hydrogens is 290 g/mol. The third-order valence-corrected chi connectivity index (χ3v) is 3.60. The summed E-state index contributed by atoms with van der Waals surface area (Å²) in [6.07, 6.45) is 0. The molecule has 2 aromatic rings. The number of nitriles is 1. The van der Waals surface area contributed by atoms with Crippen molar-refractivity contribution in [3.8, 4) is 11.8 Å². The molecule has 2 aromatic carbocycles. The number of hydrogen-bond acceptors (Lipinski definition) is 4. The Morgan fingerprint density at radius 3 is 2.81 bits per heavy atom. The molecular formula is C15H10ClN3O2. The summed E-state index contributed by atoms with van der Waals surface area (Å²) in [7, 11) is 0. The number of benzene rings is 2. The average Bonchev–Trinajstić information content (AvgIpc) is 2.76. The second-order valence-corrected chi connectivity index (χ2v) is 5.08. The molecule has 1 amide bonds. The van der Waals surface area contributed by atoms with Crippen LogP contribution in [0.2, 0.25) is 5.02 Å². The third-order valence-electron chi connectivity index (χ3n) is 3.37. The quantitative estimate of drug-likeness (QED) is 0.744. The van der Waals surface area contributed by atoms with Gasteiger partial charge in [0.15, 0.2) is 0 Å². The van der Waals surface area contributed by atoms with Crippen LogP contribution in [0.4, 0.5) is 11.4 Å². The molecule has 0 aromatic heterocycles. The van der Waals surface area contributed by atoms with Gasteiger partial charge in [0.25, 0.3) is 5.91 Å². The topological polar surface area (TPSA) is 85.2 Å². The molecule has 5 nitrogen and oxygen atoms in total. The number of anilines is 2. The number of para-hydroxylation sites is 1. The van der Waals surface area contributed by atoms with Crippen LogP contribution in [0.3, 0.4) is 0 Å². The van der Waals surface area contributed by atoms with E-state index in [9.17, 15) is 15.2 Å². The molecule has 0 aliphatic carbocycles. The van der Waals surface area contributed by atoms with E-state index in [0.717, 1.165) is 0 Å². The molecule has 1 atom stereocenters. The van der Waals surface area contributed by atoms with Gasteiger partial charge in [-0.2, -0.15) is 5.26 Å². The number of rotatable bonds is 2. The zero-order valence-corrected chi connectivity index (χ0v) is 11.5. The number of halogens is 1. The lowest BCUT2D eigenvalue weighted by atomic mass is 9.92. The molecule has 1 unspecified atom stereocenters. The molecule has 0 fully saturated rings. The highest BCUT2D eigenvalue weighted by Gasteiger charge is 2.48. The second-order valence-electron chi connectivity index (χ2n) is 4.65. The number of nitrogens with zero attached hydrogens (tertiary/aromatic N) is 1. The maximum atomic E-state index is 12.3. The Kier molecular flexibility index (Phi) is 2.96. The van der Waals surface area contributed by atoms with E-state index < -0.39 is 11.4 Å². The van der Waals surface area contributed by atoms with E-state index >= 15 is 0 Å². The zero-order chi connectivity index (χ0) is 15.0. The summed E-state index contributed by atoms with van der Waals surface area (Å²) < 4.78 is 0. The third kappa shape index (κ3) is 1.97. The standard InChI is InChI=1S/C15H10ClN3O2/c16-9-5-6-13(20)12(7-9)19-15(8-17)10-3-1-2-4-11(10)18-14(15)21/h1-7,19-20H,(H,18,21). The highest BCUT2D eigenvalue weighted by Crippen LogP contribution is 2.40. The summed E-state index contributed by atoms with van der Waals surface area (Å²) in [5, 5.41) is 25.3. The molecule has 6 heteroatoms. The van der Waals surface area contributed by atoms with Crippen molar-refractivity contribution in [1.29, 1.82) is 5.26 Å². The predicted octanol–water partition coefficient (Wildman–Crippen LogP) is 2.83. The monoisotopic (exact) mass is 299 g/mol. The van der Waals surface area contributed by atoms with Crippen molar-refractivity contribution in [1.82, 2.24) is 0 Å². The zero-order valence-electron chi connectivity index (χ0n) is 10.7. The van der Waals surface area contributed by atoms with Gasteiger partial charge in [0.2, 0.25) is 5.54 Å². The smallest absolute Gasteiger partial charge is 0.269 e. The molecule has 0 saturated carbocycles. The van der Waals surface area contributed by atoms with Gasteiger partial charge >= 0.3 is 0 Å². The van der Waals surface area contributed by atoms with Crippen LogP contribution < -0.4 is 10.6 Å². The summed E-state index contributed by atoms with van der Waals surface area (Å²) in [6.45, 7) is 0. The van der Waals surface area contributed by atoms with Crippen molar-refractivity contribution in [2.24, 2.45) is 0 Å². The summed E-state index contributed by atoms with van der Waals surface area (Å²) in [6, 6.07) is 13.3. The van der Waals surface area contributed by atoms with Crippen LogP contribution >= 0.6 is 11.6 Å². The molecule has 3 N–H and O–H groups in total. The lowest BCUT2D eigenvalue weighted by Gasteiger charge is -2.22. The maximum Gasteiger partial charge on any atom is 0.269 e. The van der Waals surface area contributed by atoms with Gasteiger partial charge in [0, 0.05) is 16.3 Å². The molecule has 1 aliphatic rings. The van der Waals surface area contributed by atoms with Crippen LogP contribution in [0.5, 0.6) is 5.75 Å². The molecule has 0 radical (unpaired) electrons. The number of phenols is 1. The van der Waals surface area contributed by atoms with Gasteiger partial charge in [0.05, 0.1) is 5.69 Å². The van der Waals surface area contributed by atoms with Crippen molar-refractivity contribution in [3.05, 3.63) is 53.1 Å². The van der Waals surface area contributed by atoms with E-state index in [1.165, 1.54) is 18.2 Å². The normalized spacial score (nSPS) is 19.5. The first-order valence-corrected chi connectivity index (χ1v) is 6.53. The van der Waals surface area contributed by atoms with Gasteiger partial charge in [-0.15, -0.1) is 0 Å². The van der Waals surface area contributed by atoms with Gasteiger partial charge < -0.3 is 15.7 Å². The maximum absolute atomic E-state index is 12.3. The van der Waals surface area contributed by atoms with E-state index in [-0.39, 0.29) is 11.4 Å². The van der Waals surface area contributed by atoms with E-state index in [1.807, 2.05) is 6.07 Å². The molecule has 3 rings (SSSR count). The Bertz CT molecular complexity index is 785. The minimum absolute atomic E-state index is 0.0915. The molecule has 1 heterocycles. The van der Waals surface area contributed by atoms with Crippen molar-refractivity contribution < 1.29 is 9.90 Å². The first kappa shape index (κ1) is 13.3. The highest BCUT2D eigenvalue weighted by atomic mass is 35.5. The van der Waals surface area contributed by atoms with Crippen molar-refractivity contribution in [3.63, 3.8) is 0 Å². The van der Waals surface area contributed by atoms with E-state index in [2.05, 4.69) is 10.6 Å². The molecule has 0 spiro atoms. The average molecular weight is 300 g/mol. The summed E-state index contributed by atoms with van der Waals surface area (Å²) in [5.74, 6) is -0.586. The number of amides is 1. The first-order valence-electron chi connectivity index (χ1n) is 6.16. The Morgan fingerprint density at radius 2 is 2.05 bits per heavy atom. The molecule has 1 aliphatic heterocycles. The number of phenolic OH excluding ortho intramolecular Hbond substituents is 1. The van der Waals surface area contributed by atoms with E-state index in [1.54, 1.807) is 24.3 Å². The number of hydrogen-bond donors (Lipinski definition) is 3. The van der Waals surface area contributed by atoms with E-state index in [4.69, 9.17) is 11.6 Å². The van der Waals surface area contributed by atoms with Gasteiger partial charge in [0.1, 0.15) is 11.8 Å². The van der Waals surface area contributed by atoms with Crippen molar-refractivity contribution in [2.75, 3.05) is 10.6 Å². The largest absolute Gasteiger partial charge is 0.506 e. The fourth-order valence-corrected chi connectivity index (χ4v) is 2.50. The lowest BCUT2D eigenvalue weighted by molar-refractivity contribution is -0.118. The fourth-order valence-electron chi connectivity index (χ4n) is 2.33. The second kappa shape index (κ2) is 4.69. The molecule has 21 heavy (non-hydrogen) atoms. The first-order chi connectivity index (χ1) is 10.1. The van der Waals surface area contributed by atoms with Crippen LogP contribution in [0, 0.1) is 11.3 Å². The molecule has 0 bridgehead atoms. The van der Waals surface area contributed by atoms with Crippen LogP contribution in [-0.4, -0.2) is 11.0 Å². The molecule has 104 valence electrons. The van der Waals surface area contributed by atoms with Gasteiger partial charge in [-0.1, -0.05) is 29.8 Å². The number of carbonyl (C=O) groups excluding carboxylic acids is 1. The van der Waals surface area contributed by atoms with E-state index in [0.29, 0.717) is 16.3 Å². The number of nitrogens with one attached hydrogen (secondary N) is 2.